The minimum atomic E-state index is 0.616. The molecule has 0 saturated carbocycles. The van der Waals surface area contributed by atoms with Crippen molar-refractivity contribution in [3.63, 3.8) is 0 Å². The zero-order valence-corrected chi connectivity index (χ0v) is 13.5. The Labute approximate surface area is 136 Å². The first-order valence-corrected chi connectivity index (χ1v) is 7.79. The molecule has 0 unspecified atom stereocenters. The van der Waals surface area contributed by atoms with Gasteiger partial charge in [0, 0.05) is 24.3 Å². The highest BCUT2D eigenvalue weighted by molar-refractivity contribution is 9.10. The van der Waals surface area contributed by atoms with Gasteiger partial charge in [-0.25, -0.2) is 4.98 Å². The monoisotopic (exact) mass is 361 g/mol. The molecule has 1 N–H and O–H groups in total. The van der Waals surface area contributed by atoms with E-state index in [0.717, 1.165) is 28.8 Å². The van der Waals surface area contributed by atoms with Gasteiger partial charge >= 0.3 is 0 Å². The van der Waals surface area contributed by atoms with Crippen molar-refractivity contribution >= 4 is 44.3 Å². The van der Waals surface area contributed by atoms with E-state index in [4.69, 9.17) is 11.6 Å². The Morgan fingerprint density at radius 3 is 2.86 bits per heavy atom. The number of nitrogens with zero attached hydrogens (tertiary/aromatic N) is 2. The molecule has 0 bridgehead atoms. The Hall–Kier alpha value is -1.65. The summed E-state index contributed by atoms with van der Waals surface area (Å²) in [5.74, 6) is 0.799. The van der Waals surface area contributed by atoms with Gasteiger partial charge in [-0.15, -0.1) is 0 Å². The summed E-state index contributed by atoms with van der Waals surface area (Å²) in [6.07, 6.45) is 4.34. The maximum absolute atomic E-state index is 5.88. The van der Waals surface area contributed by atoms with Gasteiger partial charge in [-0.2, -0.15) is 0 Å². The standard InChI is InChI=1S/C16H13BrClN3/c17-14-9-13(18)10-21-16(14)20-8-6-12-4-1-3-11-5-2-7-19-15(11)12/h1-5,7,9-10H,6,8H2,(H,20,21). The zero-order valence-electron chi connectivity index (χ0n) is 11.2. The minimum absolute atomic E-state index is 0.616. The van der Waals surface area contributed by atoms with Crippen LogP contribution in [-0.4, -0.2) is 16.5 Å². The SMILES string of the molecule is Clc1cnc(NCCc2cccc3cccnc23)c(Br)c1. The summed E-state index contributed by atoms with van der Waals surface area (Å²) in [6, 6.07) is 12.1. The molecule has 2 aromatic heterocycles. The second-order valence-corrected chi connectivity index (χ2v) is 5.94. The van der Waals surface area contributed by atoms with E-state index >= 15 is 0 Å². The van der Waals surface area contributed by atoms with Crippen LogP contribution in [0.2, 0.25) is 5.02 Å². The number of anilines is 1. The predicted octanol–water partition coefficient (Wildman–Crippen LogP) is 4.70. The Bertz CT molecular complexity index is 771. The molecule has 0 amide bonds. The number of hydrogen-bond acceptors (Lipinski definition) is 3. The lowest BCUT2D eigenvalue weighted by Crippen LogP contribution is -2.07. The van der Waals surface area contributed by atoms with Crippen LogP contribution in [0.5, 0.6) is 0 Å². The van der Waals surface area contributed by atoms with Crippen molar-refractivity contribution in [3.05, 3.63) is 63.9 Å². The van der Waals surface area contributed by atoms with Crippen LogP contribution in [0, 0.1) is 0 Å². The van der Waals surface area contributed by atoms with E-state index in [0.29, 0.717) is 5.02 Å². The quantitative estimate of drug-likeness (QED) is 0.731. The minimum Gasteiger partial charge on any atom is -0.369 e. The molecular weight excluding hydrogens is 350 g/mol. The number of halogens is 2. The van der Waals surface area contributed by atoms with Gasteiger partial charge in [-0.1, -0.05) is 35.9 Å². The van der Waals surface area contributed by atoms with Crippen LogP contribution in [-0.2, 0) is 6.42 Å². The molecule has 106 valence electrons. The zero-order chi connectivity index (χ0) is 14.7. The van der Waals surface area contributed by atoms with Gasteiger partial charge in [0.2, 0.25) is 0 Å². The van der Waals surface area contributed by atoms with Crippen molar-refractivity contribution in [1.82, 2.24) is 9.97 Å². The van der Waals surface area contributed by atoms with Crippen molar-refractivity contribution in [2.24, 2.45) is 0 Å². The Balaban J connectivity index is 1.72. The topological polar surface area (TPSA) is 37.8 Å². The molecule has 2 heterocycles. The smallest absolute Gasteiger partial charge is 0.140 e. The summed E-state index contributed by atoms with van der Waals surface area (Å²) in [6.45, 7) is 0.781. The van der Waals surface area contributed by atoms with E-state index in [1.54, 1.807) is 6.20 Å². The Kier molecular flexibility index (Phi) is 4.36. The number of pyridine rings is 2. The molecule has 0 fully saturated rings. The van der Waals surface area contributed by atoms with Crippen LogP contribution in [0.3, 0.4) is 0 Å². The summed E-state index contributed by atoms with van der Waals surface area (Å²) in [4.78, 5) is 8.73. The average Bonchev–Trinajstić information content (AvgIpc) is 2.50. The van der Waals surface area contributed by atoms with Crippen molar-refractivity contribution in [1.29, 1.82) is 0 Å². The molecule has 0 aliphatic heterocycles. The van der Waals surface area contributed by atoms with Gasteiger partial charge in [0.05, 0.1) is 15.0 Å². The van der Waals surface area contributed by atoms with E-state index < -0.39 is 0 Å². The van der Waals surface area contributed by atoms with E-state index in [2.05, 4.69) is 55.5 Å². The van der Waals surface area contributed by atoms with Crippen LogP contribution >= 0.6 is 27.5 Å². The first-order valence-electron chi connectivity index (χ1n) is 6.61. The van der Waals surface area contributed by atoms with E-state index in [9.17, 15) is 0 Å². The highest BCUT2D eigenvalue weighted by Gasteiger charge is 2.04. The Morgan fingerprint density at radius 2 is 2.00 bits per heavy atom. The maximum atomic E-state index is 5.88. The summed E-state index contributed by atoms with van der Waals surface area (Å²) >= 11 is 9.34. The second-order valence-electron chi connectivity index (χ2n) is 4.65. The van der Waals surface area contributed by atoms with Crippen LogP contribution in [0.15, 0.2) is 53.3 Å². The molecule has 3 rings (SSSR count). The fourth-order valence-electron chi connectivity index (χ4n) is 2.23. The molecule has 1 aromatic carbocycles. The summed E-state index contributed by atoms with van der Waals surface area (Å²) in [5, 5.41) is 5.09. The molecule has 3 aromatic rings. The van der Waals surface area contributed by atoms with Crippen LogP contribution in [0.25, 0.3) is 10.9 Å². The van der Waals surface area contributed by atoms with E-state index in [-0.39, 0.29) is 0 Å². The first kappa shape index (κ1) is 14.3. The third-order valence-electron chi connectivity index (χ3n) is 3.21. The number of para-hydroxylation sites is 1. The number of aromatic nitrogens is 2. The fourth-order valence-corrected chi connectivity index (χ4v) is 3.01. The van der Waals surface area contributed by atoms with Gasteiger partial charge < -0.3 is 5.32 Å². The molecule has 21 heavy (non-hydrogen) atoms. The number of nitrogens with one attached hydrogen (secondary N) is 1. The van der Waals surface area contributed by atoms with Crippen molar-refractivity contribution in [2.45, 2.75) is 6.42 Å². The van der Waals surface area contributed by atoms with Crippen molar-refractivity contribution < 1.29 is 0 Å². The molecule has 0 aliphatic carbocycles. The lowest BCUT2D eigenvalue weighted by Gasteiger charge is -2.09. The highest BCUT2D eigenvalue weighted by atomic mass is 79.9. The van der Waals surface area contributed by atoms with Gasteiger partial charge in [-0.3, -0.25) is 4.98 Å². The first-order chi connectivity index (χ1) is 10.2. The van der Waals surface area contributed by atoms with Gasteiger partial charge in [0.1, 0.15) is 5.82 Å². The largest absolute Gasteiger partial charge is 0.369 e. The third kappa shape index (κ3) is 3.34. The summed E-state index contributed by atoms with van der Waals surface area (Å²) in [5.41, 5.74) is 2.29. The molecule has 0 radical (unpaired) electrons. The molecule has 0 saturated heterocycles. The lowest BCUT2D eigenvalue weighted by molar-refractivity contribution is 1.01. The summed E-state index contributed by atoms with van der Waals surface area (Å²) < 4.78 is 0.867. The van der Waals surface area contributed by atoms with Gasteiger partial charge in [0.25, 0.3) is 0 Å². The molecule has 0 atom stereocenters. The second kappa shape index (κ2) is 6.41. The van der Waals surface area contributed by atoms with E-state index in [1.807, 2.05) is 18.3 Å². The van der Waals surface area contributed by atoms with Crippen LogP contribution in [0.4, 0.5) is 5.82 Å². The maximum Gasteiger partial charge on any atom is 0.140 e. The molecule has 0 aliphatic rings. The van der Waals surface area contributed by atoms with Crippen molar-refractivity contribution in [3.8, 4) is 0 Å². The molecule has 0 spiro atoms. The lowest BCUT2D eigenvalue weighted by atomic mass is 10.1. The van der Waals surface area contributed by atoms with Crippen LogP contribution < -0.4 is 5.32 Å². The Morgan fingerprint density at radius 1 is 1.14 bits per heavy atom. The van der Waals surface area contributed by atoms with E-state index in [1.165, 1.54) is 10.9 Å². The average molecular weight is 363 g/mol. The molecule has 5 heteroatoms. The normalized spacial score (nSPS) is 10.8. The number of benzene rings is 1. The van der Waals surface area contributed by atoms with Gasteiger partial charge in [0.15, 0.2) is 0 Å². The predicted molar refractivity (Wildman–Crippen MR) is 90.9 cm³/mol. The fraction of sp³-hybridized carbons (Fsp3) is 0.125. The molecule has 3 nitrogen and oxygen atoms in total. The highest BCUT2D eigenvalue weighted by Crippen LogP contribution is 2.23. The number of fused-ring (bicyclic) bond motifs is 1. The molecular formula is C16H13BrClN3. The van der Waals surface area contributed by atoms with Gasteiger partial charge in [-0.05, 0) is 40.0 Å². The third-order valence-corrected chi connectivity index (χ3v) is 4.02. The number of rotatable bonds is 4. The van der Waals surface area contributed by atoms with Crippen molar-refractivity contribution in [2.75, 3.05) is 11.9 Å². The van der Waals surface area contributed by atoms with Crippen LogP contribution in [0.1, 0.15) is 5.56 Å². The summed E-state index contributed by atoms with van der Waals surface area (Å²) in [7, 11) is 0. The number of hydrogen-bond donors (Lipinski definition) is 1.